The van der Waals surface area contributed by atoms with Crippen molar-refractivity contribution >= 4 is 41.0 Å². The number of ether oxygens (including phenoxy) is 2. The maximum atomic E-state index is 5.67. The van der Waals surface area contributed by atoms with Crippen molar-refractivity contribution < 1.29 is 9.47 Å². The van der Waals surface area contributed by atoms with Crippen LogP contribution >= 0.6 is 34.8 Å². The van der Waals surface area contributed by atoms with Crippen molar-refractivity contribution in [1.82, 2.24) is 14.9 Å². The molecule has 1 aromatic heterocycles. The van der Waals surface area contributed by atoms with E-state index in [0.29, 0.717) is 23.0 Å². The molecule has 0 bridgehead atoms. The number of aromatic nitrogens is 3. The highest BCUT2D eigenvalue weighted by atomic mass is 127. The highest BCUT2D eigenvalue weighted by Crippen LogP contribution is 2.33. The van der Waals surface area contributed by atoms with Crippen LogP contribution in [0.25, 0.3) is 11.4 Å². The van der Waals surface area contributed by atoms with Crippen LogP contribution in [-0.4, -0.2) is 34.8 Å². The molecule has 0 fully saturated rings. The second-order valence-electron chi connectivity index (χ2n) is 5.24. The lowest BCUT2D eigenvalue weighted by Crippen LogP contribution is -2.00. The van der Waals surface area contributed by atoms with Crippen molar-refractivity contribution in [2.75, 3.05) is 13.7 Å². The van der Waals surface area contributed by atoms with Crippen LogP contribution in [0.15, 0.2) is 47.6 Å². The van der Waals surface area contributed by atoms with Gasteiger partial charge in [0.05, 0.1) is 23.5 Å². The Labute approximate surface area is 170 Å². The van der Waals surface area contributed by atoms with Gasteiger partial charge in [-0.25, -0.2) is 5.10 Å². The number of H-pyrrole nitrogens is 1. The van der Waals surface area contributed by atoms with Crippen molar-refractivity contribution in [3.63, 3.8) is 0 Å². The molecular formula is C18H17IN4O2S. The summed E-state index contributed by atoms with van der Waals surface area (Å²) in [6.45, 7) is 2.49. The van der Waals surface area contributed by atoms with Gasteiger partial charge in [-0.2, -0.15) is 14.9 Å². The van der Waals surface area contributed by atoms with Crippen LogP contribution in [-0.2, 0) is 0 Å². The molecule has 134 valence electrons. The summed E-state index contributed by atoms with van der Waals surface area (Å²) >= 11 is 7.52. The molecule has 0 saturated carbocycles. The Kier molecular flexibility index (Phi) is 6.04. The standard InChI is InChI=1S/C18H17IN4O2S/c1-3-25-15-10-12(9-14(19)16(15)24-2)11-20-23-17(21-22-18(23)26)13-7-5-4-6-8-13/h4-11H,3H2,1-2H3,(H,22,26)/b20-11-. The number of nitrogens with one attached hydrogen (secondary N) is 1. The molecule has 2 aromatic carbocycles. The largest absolute Gasteiger partial charge is 0.492 e. The molecule has 1 N–H and O–H groups in total. The smallest absolute Gasteiger partial charge is 0.216 e. The monoisotopic (exact) mass is 480 g/mol. The van der Waals surface area contributed by atoms with Crippen LogP contribution in [0.4, 0.5) is 0 Å². The molecule has 0 saturated heterocycles. The van der Waals surface area contributed by atoms with Crippen molar-refractivity contribution in [3.8, 4) is 22.9 Å². The van der Waals surface area contributed by atoms with E-state index in [4.69, 9.17) is 21.7 Å². The molecule has 0 radical (unpaired) electrons. The average Bonchev–Trinajstić information content (AvgIpc) is 3.01. The SMILES string of the molecule is CCOc1cc(/C=N\n2c(-c3ccccc3)n[nH]c2=S)cc(I)c1OC. The maximum absolute atomic E-state index is 5.67. The Morgan fingerprint density at radius 3 is 2.77 bits per heavy atom. The third-order valence-corrected chi connectivity index (χ3v) is 4.61. The van der Waals surface area contributed by atoms with Gasteiger partial charge < -0.3 is 9.47 Å². The minimum Gasteiger partial charge on any atom is -0.492 e. The first-order valence-electron chi connectivity index (χ1n) is 7.91. The van der Waals surface area contributed by atoms with Gasteiger partial charge in [0.1, 0.15) is 0 Å². The minimum absolute atomic E-state index is 0.424. The normalized spacial score (nSPS) is 11.0. The third-order valence-electron chi connectivity index (χ3n) is 3.54. The van der Waals surface area contributed by atoms with E-state index in [9.17, 15) is 0 Å². The van der Waals surface area contributed by atoms with Crippen molar-refractivity contribution in [3.05, 3.63) is 56.4 Å². The van der Waals surface area contributed by atoms with Crippen LogP contribution in [0, 0.1) is 8.34 Å². The predicted molar refractivity (Wildman–Crippen MR) is 113 cm³/mol. The summed E-state index contributed by atoms with van der Waals surface area (Å²) in [5, 5.41) is 11.6. The second-order valence-corrected chi connectivity index (χ2v) is 6.79. The Bertz CT molecular complexity index is 983. The summed E-state index contributed by atoms with van der Waals surface area (Å²) in [5.41, 5.74) is 1.80. The van der Waals surface area contributed by atoms with Gasteiger partial charge in [-0.15, -0.1) is 0 Å². The number of aromatic amines is 1. The number of rotatable bonds is 6. The zero-order valence-electron chi connectivity index (χ0n) is 14.3. The van der Waals surface area contributed by atoms with Gasteiger partial charge in [-0.3, -0.25) is 0 Å². The van der Waals surface area contributed by atoms with Crippen LogP contribution < -0.4 is 9.47 Å². The molecule has 0 aliphatic rings. The van der Waals surface area contributed by atoms with Gasteiger partial charge in [-0.1, -0.05) is 30.3 Å². The number of benzene rings is 2. The molecule has 0 atom stereocenters. The number of halogens is 1. The Balaban J connectivity index is 1.99. The molecule has 8 heteroatoms. The highest BCUT2D eigenvalue weighted by molar-refractivity contribution is 14.1. The average molecular weight is 480 g/mol. The Hall–Kier alpha value is -2.20. The van der Waals surface area contributed by atoms with Crippen molar-refractivity contribution in [2.45, 2.75) is 6.92 Å². The van der Waals surface area contributed by atoms with E-state index in [0.717, 1.165) is 20.4 Å². The molecule has 0 spiro atoms. The molecule has 26 heavy (non-hydrogen) atoms. The Morgan fingerprint density at radius 1 is 1.31 bits per heavy atom. The van der Waals surface area contributed by atoms with E-state index < -0.39 is 0 Å². The van der Waals surface area contributed by atoms with E-state index in [2.05, 4.69) is 37.9 Å². The molecule has 0 aliphatic carbocycles. The van der Waals surface area contributed by atoms with E-state index in [1.807, 2.05) is 49.4 Å². The van der Waals surface area contributed by atoms with E-state index >= 15 is 0 Å². The summed E-state index contributed by atoms with van der Waals surface area (Å²) in [6.07, 6.45) is 1.72. The molecule has 0 amide bonds. The summed E-state index contributed by atoms with van der Waals surface area (Å²) < 4.78 is 14.0. The highest BCUT2D eigenvalue weighted by Gasteiger charge is 2.11. The first-order chi connectivity index (χ1) is 12.6. The fourth-order valence-corrected chi connectivity index (χ4v) is 3.45. The van der Waals surface area contributed by atoms with Crippen LogP contribution in [0.1, 0.15) is 12.5 Å². The van der Waals surface area contributed by atoms with Gasteiger partial charge in [0, 0.05) is 5.56 Å². The quantitative estimate of drug-likeness (QED) is 0.321. The number of methoxy groups -OCH3 is 1. The van der Waals surface area contributed by atoms with E-state index in [-0.39, 0.29) is 0 Å². The van der Waals surface area contributed by atoms with E-state index in [1.54, 1.807) is 18.0 Å². The first-order valence-corrected chi connectivity index (χ1v) is 9.40. The summed E-state index contributed by atoms with van der Waals surface area (Å²) in [5.74, 6) is 2.05. The zero-order valence-corrected chi connectivity index (χ0v) is 17.2. The molecule has 6 nitrogen and oxygen atoms in total. The summed E-state index contributed by atoms with van der Waals surface area (Å²) in [4.78, 5) is 0. The van der Waals surface area contributed by atoms with Gasteiger partial charge in [0.2, 0.25) is 4.77 Å². The molecule has 3 rings (SSSR count). The van der Waals surface area contributed by atoms with Gasteiger partial charge >= 0.3 is 0 Å². The van der Waals surface area contributed by atoms with Gasteiger partial charge in [0.15, 0.2) is 17.3 Å². The fourth-order valence-electron chi connectivity index (χ4n) is 2.42. The first kappa shape index (κ1) is 18.6. The van der Waals surface area contributed by atoms with Crippen LogP contribution in [0.2, 0.25) is 0 Å². The van der Waals surface area contributed by atoms with E-state index in [1.165, 1.54) is 0 Å². The van der Waals surface area contributed by atoms with Gasteiger partial charge in [-0.05, 0) is 59.4 Å². The lowest BCUT2D eigenvalue weighted by atomic mass is 10.2. The third kappa shape index (κ3) is 3.96. The molecule has 0 aliphatic heterocycles. The Morgan fingerprint density at radius 2 is 2.08 bits per heavy atom. The summed E-state index contributed by atoms with van der Waals surface area (Å²) in [7, 11) is 1.63. The lowest BCUT2D eigenvalue weighted by molar-refractivity contribution is 0.309. The van der Waals surface area contributed by atoms with Crippen molar-refractivity contribution in [1.29, 1.82) is 0 Å². The lowest BCUT2D eigenvalue weighted by Gasteiger charge is -2.11. The van der Waals surface area contributed by atoms with Crippen molar-refractivity contribution in [2.24, 2.45) is 5.10 Å². The number of hydrogen-bond donors (Lipinski definition) is 1. The predicted octanol–water partition coefficient (Wildman–Crippen LogP) is 4.50. The van der Waals surface area contributed by atoms with Crippen LogP contribution in [0.3, 0.4) is 0 Å². The molecule has 3 aromatic rings. The number of nitrogens with zero attached hydrogens (tertiary/aromatic N) is 3. The van der Waals surface area contributed by atoms with Gasteiger partial charge in [0.25, 0.3) is 0 Å². The molecular weight excluding hydrogens is 463 g/mol. The maximum Gasteiger partial charge on any atom is 0.216 e. The molecule has 1 heterocycles. The minimum atomic E-state index is 0.424. The zero-order chi connectivity index (χ0) is 18.5. The number of hydrogen-bond acceptors (Lipinski definition) is 5. The summed E-state index contributed by atoms with van der Waals surface area (Å²) in [6, 6.07) is 13.6. The van der Waals surface area contributed by atoms with Crippen LogP contribution in [0.5, 0.6) is 11.5 Å². The topological polar surface area (TPSA) is 64.4 Å². The second kappa shape index (κ2) is 8.45. The fraction of sp³-hybridized carbons (Fsp3) is 0.167. The molecule has 0 unspecified atom stereocenters.